The van der Waals surface area contributed by atoms with E-state index in [1.807, 2.05) is 0 Å². The summed E-state index contributed by atoms with van der Waals surface area (Å²) in [6.45, 7) is 3.36. The van der Waals surface area contributed by atoms with E-state index in [0.29, 0.717) is 12.8 Å². The quantitative estimate of drug-likeness (QED) is 0.699. The highest BCUT2D eigenvalue weighted by atomic mass is 16.4. The smallest absolute Gasteiger partial charge is 0.330 e. The number of carboxylic acids is 1. The summed E-state index contributed by atoms with van der Waals surface area (Å²) in [5.41, 5.74) is -1.24. The number of carbonyl (C=O) groups is 3. The predicted molar refractivity (Wildman–Crippen MR) is 54.4 cm³/mol. The molecule has 2 unspecified atom stereocenters. The molecular formula is C11H15NO4. The molecule has 2 atom stereocenters. The third kappa shape index (κ3) is 1.14. The maximum Gasteiger partial charge on any atom is 0.330 e. The molecule has 0 aromatic heterocycles. The van der Waals surface area contributed by atoms with Crippen molar-refractivity contribution < 1.29 is 19.5 Å². The van der Waals surface area contributed by atoms with Crippen LogP contribution >= 0.6 is 0 Å². The number of carboxylic acid groups (broad SMARTS) is 1. The highest BCUT2D eigenvalue weighted by Crippen LogP contribution is 2.43. The van der Waals surface area contributed by atoms with Gasteiger partial charge in [0.05, 0.1) is 0 Å². The SMILES string of the molecule is CC1C(=O)N(C2(C(=O)O)CCC2)C(=O)C1C. The molecule has 16 heavy (non-hydrogen) atoms. The minimum Gasteiger partial charge on any atom is -0.479 e. The number of rotatable bonds is 2. The van der Waals surface area contributed by atoms with Gasteiger partial charge in [0.25, 0.3) is 0 Å². The fourth-order valence-corrected chi connectivity index (χ4v) is 2.41. The van der Waals surface area contributed by atoms with Crippen LogP contribution in [0.1, 0.15) is 33.1 Å². The number of carbonyl (C=O) groups excluding carboxylic acids is 2. The van der Waals surface area contributed by atoms with E-state index in [1.54, 1.807) is 13.8 Å². The molecule has 0 spiro atoms. The van der Waals surface area contributed by atoms with Crippen molar-refractivity contribution in [1.82, 2.24) is 4.90 Å². The average molecular weight is 225 g/mol. The number of nitrogens with zero attached hydrogens (tertiary/aromatic N) is 1. The Morgan fingerprint density at radius 2 is 1.69 bits per heavy atom. The fourth-order valence-electron chi connectivity index (χ4n) is 2.41. The summed E-state index contributed by atoms with van der Waals surface area (Å²) in [5, 5.41) is 9.21. The van der Waals surface area contributed by atoms with Crippen LogP contribution in [0, 0.1) is 11.8 Å². The zero-order valence-electron chi connectivity index (χ0n) is 9.40. The predicted octanol–water partition coefficient (Wildman–Crippen LogP) is 0.635. The van der Waals surface area contributed by atoms with Gasteiger partial charge in [0.1, 0.15) is 5.54 Å². The van der Waals surface area contributed by atoms with Crippen LogP contribution in [0.3, 0.4) is 0 Å². The molecule has 0 aromatic rings. The molecule has 1 saturated carbocycles. The van der Waals surface area contributed by atoms with Crippen molar-refractivity contribution in [2.45, 2.75) is 38.6 Å². The van der Waals surface area contributed by atoms with Gasteiger partial charge in [0, 0.05) is 11.8 Å². The van der Waals surface area contributed by atoms with Gasteiger partial charge in [-0.2, -0.15) is 0 Å². The van der Waals surface area contributed by atoms with E-state index in [9.17, 15) is 19.5 Å². The van der Waals surface area contributed by atoms with Crippen molar-refractivity contribution >= 4 is 17.8 Å². The molecule has 1 N–H and O–H groups in total. The summed E-state index contributed by atoms with van der Waals surface area (Å²) in [6.07, 6.45) is 1.53. The van der Waals surface area contributed by atoms with Gasteiger partial charge in [-0.3, -0.25) is 14.5 Å². The number of likely N-dealkylation sites (tertiary alicyclic amines) is 1. The Balaban J connectivity index is 2.37. The first kappa shape index (κ1) is 11.1. The van der Waals surface area contributed by atoms with Crippen molar-refractivity contribution in [1.29, 1.82) is 0 Å². The first-order valence-electron chi connectivity index (χ1n) is 5.53. The van der Waals surface area contributed by atoms with E-state index in [-0.39, 0.29) is 11.8 Å². The fraction of sp³-hybridized carbons (Fsp3) is 0.727. The van der Waals surface area contributed by atoms with Crippen LogP contribution in [-0.2, 0) is 14.4 Å². The topological polar surface area (TPSA) is 74.7 Å². The minimum atomic E-state index is -1.24. The van der Waals surface area contributed by atoms with E-state index in [1.165, 1.54) is 0 Å². The molecule has 1 saturated heterocycles. The normalized spacial score (nSPS) is 32.8. The van der Waals surface area contributed by atoms with Crippen molar-refractivity contribution in [2.24, 2.45) is 11.8 Å². The van der Waals surface area contributed by atoms with Gasteiger partial charge in [0.15, 0.2) is 0 Å². The van der Waals surface area contributed by atoms with Crippen molar-refractivity contribution in [3.05, 3.63) is 0 Å². The summed E-state index contributed by atoms with van der Waals surface area (Å²) in [4.78, 5) is 36.1. The van der Waals surface area contributed by atoms with Crippen LogP contribution < -0.4 is 0 Å². The first-order valence-corrected chi connectivity index (χ1v) is 5.53. The highest BCUT2D eigenvalue weighted by Gasteiger charge is 2.59. The molecule has 0 radical (unpaired) electrons. The summed E-state index contributed by atoms with van der Waals surface area (Å²) in [7, 11) is 0. The lowest BCUT2D eigenvalue weighted by atomic mass is 9.75. The van der Waals surface area contributed by atoms with Gasteiger partial charge in [-0.25, -0.2) is 4.79 Å². The van der Waals surface area contributed by atoms with Gasteiger partial charge in [-0.1, -0.05) is 13.8 Å². The Kier molecular flexibility index (Phi) is 2.29. The van der Waals surface area contributed by atoms with Gasteiger partial charge in [-0.15, -0.1) is 0 Å². The maximum atomic E-state index is 11.9. The van der Waals surface area contributed by atoms with Crippen molar-refractivity contribution in [3.63, 3.8) is 0 Å². The number of aliphatic carboxylic acids is 1. The molecule has 1 heterocycles. The highest BCUT2D eigenvalue weighted by molar-refractivity contribution is 6.08. The Hall–Kier alpha value is -1.39. The van der Waals surface area contributed by atoms with Gasteiger partial charge < -0.3 is 5.11 Å². The first-order chi connectivity index (χ1) is 7.42. The monoisotopic (exact) mass is 225 g/mol. The molecule has 2 rings (SSSR count). The van der Waals surface area contributed by atoms with Gasteiger partial charge in [-0.05, 0) is 19.3 Å². The molecule has 2 fully saturated rings. The molecule has 0 bridgehead atoms. The second-order valence-electron chi connectivity index (χ2n) is 4.78. The Bertz CT molecular complexity index is 352. The number of hydrogen-bond donors (Lipinski definition) is 1. The van der Waals surface area contributed by atoms with Crippen molar-refractivity contribution in [3.8, 4) is 0 Å². The molecule has 1 aliphatic carbocycles. The number of hydrogen-bond acceptors (Lipinski definition) is 3. The van der Waals surface area contributed by atoms with E-state index in [4.69, 9.17) is 0 Å². The van der Waals surface area contributed by atoms with Crippen LogP contribution in [-0.4, -0.2) is 33.3 Å². The number of amides is 2. The van der Waals surface area contributed by atoms with Crippen LogP contribution in [0.25, 0.3) is 0 Å². The standard InChI is InChI=1S/C11H15NO4/c1-6-7(2)9(14)12(8(6)13)11(10(15)16)4-3-5-11/h6-7H,3-5H2,1-2H3,(H,15,16). The second-order valence-corrected chi connectivity index (χ2v) is 4.78. The molecule has 0 aromatic carbocycles. The van der Waals surface area contributed by atoms with Gasteiger partial charge >= 0.3 is 5.97 Å². The third-order valence-electron chi connectivity index (χ3n) is 3.98. The zero-order valence-corrected chi connectivity index (χ0v) is 9.40. The van der Waals surface area contributed by atoms with Crippen molar-refractivity contribution in [2.75, 3.05) is 0 Å². The minimum absolute atomic E-state index is 0.334. The number of imide groups is 1. The molecule has 5 heteroatoms. The largest absolute Gasteiger partial charge is 0.479 e. The lowest BCUT2D eigenvalue weighted by molar-refractivity contribution is -0.169. The Morgan fingerprint density at radius 3 is 1.94 bits per heavy atom. The zero-order chi connectivity index (χ0) is 12.1. The molecule has 1 aliphatic heterocycles. The summed E-state index contributed by atoms with van der Waals surface area (Å²) >= 11 is 0. The molecule has 2 amide bonds. The van der Waals surface area contributed by atoms with E-state index in [2.05, 4.69) is 0 Å². The van der Waals surface area contributed by atoms with Crippen LogP contribution in [0.2, 0.25) is 0 Å². The van der Waals surface area contributed by atoms with E-state index >= 15 is 0 Å². The summed E-state index contributed by atoms with van der Waals surface area (Å²) < 4.78 is 0. The second kappa shape index (κ2) is 3.30. The van der Waals surface area contributed by atoms with Crippen LogP contribution in [0.4, 0.5) is 0 Å². The summed E-state index contributed by atoms with van der Waals surface area (Å²) in [5.74, 6) is -2.52. The molecule has 5 nitrogen and oxygen atoms in total. The Morgan fingerprint density at radius 1 is 1.25 bits per heavy atom. The molecular weight excluding hydrogens is 210 g/mol. The van der Waals surface area contributed by atoms with Gasteiger partial charge in [0.2, 0.25) is 11.8 Å². The molecule has 88 valence electrons. The molecule has 2 aliphatic rings. The summed E-state index contributed by atoms with van der Waals surface area (Å²) in [6, 6.07) is 0. The van der Waals surface area contributed by atoms with E-state index in [0.717, 1.165) is 11.3 Å². The lowest BCUT2D eigenvalue weighted by Crippen LogP contribution is -2.61. The van der Waals surface area contributed by atoms with Crippen LogP contribution in [0.15, 0.2) is 0 Å². The average Bonchev–Trinajstić information content (AvgIpc) is 2.33. The Labute approximate surface area is 93.4 Å². The lowest BCUT2D eigenvalue weighted by Gasteiger charge is -2.43. The van der Waals surface area contributed by atoms with E-state index < -0.39 is 23.3 Å². The maximum absolute atomic E-state index is 11.9. The van der Waals surface area contributed by atoms with Crippen LogP contribution in [0.5, 0.6) is 0 Å². The third-order valence-corrected chi connectivity index (χ3v) is 3.98.